The van der Waals surface area contributed by atoms with E-state index in [0.717, 1.165) is 5.92 Å². The minimum atomic E-state index is 0.520. The SMILES string of the molecule is c1ccc(C23CCC(C2)C3)nc1. The summed E-state index contributed by atoms with van der Waals surface area (Å²) in [5.41, 5.74) is 1.87. The fraction of sp³-hybridized carbons (Fsp3) is 0.545. The first kappa shape index (κ1) is 6.64. The lowest BCUT2D eigenvalue weighted by molar-refractivity contribution is 0.237. The molecule has 1 heteroatoms. The highest BCUT2D eigenvalue weighted by Crippen LogP contribution is 2.59. The highest BCUT2D eigenvalue weighted by atomic mass is 14.7. The van der Waals surface area contributed by atoms with Gasteiger partial charge in [-0.25, -0.2) is 0 Å². The molecule has 1 aromatic heterocycles. The van der Waals surface area contributed by atoms with E-state index in [4.69, 9.17) is 0 Å². The number of rotatable bonds is 1. The second-order valence-electron chi connectivity index (χ2n) is 4.31. The lowest BCUT2D eigenvalue weighted by atomic mass is 9.67. The van der Waals surface area contributed by atoms with Crippen molar-refractivity contribution >= 4 is 0 Å². The monoisotopic (exact) mass is 159 g/mol. The van der Waals surface area contributed by atoms with E-state index in [1.807, 2.05) is 12.3 Å². The Morgan fingerprint density at radius 1 is 1.33 bits per heavy atom. The van der Waals surface area contributed by atoms with E-state index >= 15 is 0 Å². The summed E-state index contributed by atoms with van der Waals surface area (Å²) < 4.78 is 0. The van der Waals surface area contributed by atoms with Gasteiger partial charge in [0.2, 0.25) is 0 Å². The quantitative estimate of drug-likeness (QED) is 0.613. The predicted octanol–water partition coefficient (Wildman–Crippen LogP) is 2.52. The fourth-order valence-corrected chi connectivity index (χ4v) is 2.95. The lowest BCUT2D eigenvalue weighted by Crippen LogP contribution is -2.32. The van der Waals surface area contributed by atoms with Crippen LogP contribution in [0.3, 0.4) is 0 Å². The van der Waals surface area contributed by atoms with Gasteiger partial charge in [-0.05, 0) is 43.7 Å². The van der Waals surface area contributed by atoms with Crippen LogP contribution in [0.1, 0.15) is 31.4 Å². The summed E-state index contributed by atoms with van der Waals surface area (Å²) in [5.74, 6) is 1.03. The average Bonchev–Trinajstić information content (AvgIpc) is 2.63. The fourth-order valence-electron chi connectivity index (χ4n) is 2.95. The van der Waals surface area contributed by atoms with E-state index in [9.17, 15) is 0 Å². The molecular formula is C11H13N. The van der Waals surface area contributed by atoms with Gasteiger partial charge < -0.3 is 0 Å². The topological polar surface area (TPSA) is 12.9 Å². The third kappa shape index (κ3) is 0.715. The van der Waals surface area contributed by atoms with Gasteiger partial charge in [0.1, 0.15) is 0 Å². The number of pyridine rings is 1. The summed E-state index contributed by atoms with van der Waals surface area (Å²) in [4.78, 5) is 4.47. The molecule has 0 amide bonds. The molecule has 0 N–H and O–H groups in total. The summed E-state index contributed by atoms with van der Waals surface area (Å²) in [6.45, 7) is 0. The molecule has 0 atom stereocenters. The van der Waals surface area contributed by atoms with Crippen molar-refractivity contribution in [1.82, 2.24) is 4.98 Å². The number of fused-ring (bicyclic) bond motifs is 1. The van der Waals surface area contributed by atoms with Gasteiger partial charge in [-0.3, -0.25) is 4.98 Å². The first-order chi connectivity index (χ1) is 5.89. The normalized spacial score (nSPS) is 37.8. The minimum Gasteiger partial charge on any atom is -0.261 e. The van der Waals surface area contributed by atoms with Crippen LogP contribution in [-0.2, 0) is 5.41 Å². The van der Waals surface area contributed by atoms with Gasteiger partial charge in [-0.15, -0.1) is 0 Å². The average molecular weight is 159 g/mol. The van der Waals surface area contributed by atoms with Gasteiger partial charge in [0, 0.05) is 17.3 Å². The summed E-state index contributed by atoms with van der Waals surface area (Å²) >= 11 is 0. The van der Waals surface area contributed by atoms with Gasteiger partial charge in [0.25, 0.3) is 0 Å². The van der Waals surface area contributed by atoms with Crippen LogP contribution < -0.4 is 0 Å². The molecular weight excluding hydrogens is 146 g/mol. The lowest BCUT2D eigenvalue weighted by Gasteiger charge is -2.37. The number of nitrogens with zero attached hydrogens (tertiary/aromatic N) is 1. The number of aromatic nitrogens is 1. The van der Waals surface area contributed by atoms with Crippen molar-refractivity contribution < 1.29 is 0 Å². The molecule has 2 bridgehead atoms. The zero-order valence-corrected chi connectivity index (χ0v) is 7.16. The molecule has 1 heterocycles. The van der Waals surface area contributed by atoms with Crippen molar-refractivity contribution in [3.8, 4) is 0 Å². The standard InChI is InChI=1S/C11H13N/c1-2-6-12-10(3-1)11-5-4-9(7-11)8-11/h1-3,6,9H,4-5,7-8H2. The molecule has 0 unspecified atom stereocenters. The number of hydrogen-bond acceptors (Lipinski definition) is 1. The molecule has 62 valence electrons. The Hall–Kier alpha value is -0.850. The molecule has 1 aromatic rings. The maximum atomic E-state index is 4.47. The van der Waals surface area contributed by atoms with E-state index < -0.39 is 0 Å². The summed E-state index contributed by atoms with van der Waals surface area (Å²) in [6.07, 6.45) is 7.56. The van der Waals surface area contributed by atoms with Crippen molar-refractivity contribution in [2.75, 3.05) is 0 Å². The molecule has 3 saturated carbocycles. The molecule has 0 aliphatic heterocycles. The molecule has 1 nitrogen and oxygen atoms in total. The first-order valence-electron chi connectivity index (χ1n) is 4.81. The summed E-state index contributed by atoms with van der Waals surface area (Å²) in [5, 5.41) is 0. The maximum Gasteiger partial charge on any atom is 0.0465 e. The Labute approximate surface area is 72.8 Å². The van der Waals surface area contributed by atoms with Crippen molar-refractivity contribution in [3.63, 3.8) is 0 Å². The van der Waals surface area contributed by atoms with Crippen LogP contribution in [0.2, 0.25) is 0 Å². The smallest absolute Gasteiger partial charge is 0.0465 e. The van der Waals surface area contributed by atoms with Crippen molar-refractivity contribution in [2.24, 2.45) is 5.92 Å². The number of hydrogen-bond donors (Lipinski definition) is 0. The Bertz CT molecular complexity index is 280. The second kappa shape index (κ2) is 2.09. The molecule has 3 fully saturated rings. The van der Waals surface area contributed by atoms with Crippen LogP contribution in [0.5, 0.6) is 0 Å². The largest absolute Gasteiger partial charge is 0.261 e. The van der Waals surface area contributed by atoms with Gasteiger partial charge in [-0.1, -0.05) is 6.07 Å². The molecule has 0 aromatic carbocycles. The van der Waals surface area contributed by atoms with Gasteiger partial charge in [-0.2, -0.15) is 0 Å². The van der Waals surface area contributed by atoms with Crippen LogP contribution in [-0.4, -0.2) is 4.98 Å². The maximum absolute atomic E-state index is 4.47. The van der Waals surface area contributed by atoms with Crippen LogP contribution >= 0.6 is 0 Å². The Kier molecular flexibility index (Phi) is 1.16. The van der Waals surface area contributed by atoms with Gasteiger partial charge in [0.05, 0.1) is 0 Å². The van der Waals surface area contributed by atoms with E-state index in [1.54, 1.807) is 0 Å². The van der Waals surface area contributed by atoms with E-state index in [1.165, 1.54) is 31.4 Å². The third-order valence-electron chi connectivity index (χ3n) is 3.60. The van der Waals surface area contributed by atoms with Crippen LogP contribution in [0.15, 0.2) is 24.4 Å². The molecule has 3 aliphatic carbocycles. The van der Waals surface area contributed by atoms with Crippen LogP contribution in [0, 0.1) is 5.92 Å². The first-order valence-corrected chi connectivity index (χ1v) is 4.81. The Morgan fingerprint density at radius 2 is 2.25 bits per heavy atom. The zero-order chi connectivity index (χ0) is 8.02. The predicted molar refractivity (Wildman–Crippen MR) is 47.9 cm³/mol. The van der Waals surface area contributed by atoms with Crippen LogP contribution in [0.25, 0.3) is 0 Å². The minimum absolute atomic E-state index is 0.520. The zero-order valence-electron chi connectivity index (χ0n) is 7.16. The van der Waals surface area contributed by atoms with Crippen molar-refractivity contribution in [2.45, 2.75) is 31.1 Å². The third-order valence-corrected chi connectivity index (χ3v) is 3.60. The highest BCUT2D eigenvalue weighted by molar-refractivity contribution is 5.25. The Morgan fingerprint density at radius 3 is 2.83 bits per heavy atom. The summed E-state index contributed by atoms with van der Waals surface area (Å²) in [7, 11) is 0. The van der Waals surface area contributed by atoms with Gasteiger partial charge >= 0.3 is 0 Å². The van der Waals surface area contributed by atoms with Crippen molar-refractivity contribution in [1.29, 1.82) is 0 Å². The van der Waals surface area contributed by atoms with E-state index in [2.05, 4.69) is 17.1 Å². The molecule has 0 spiro atoms. The highest BCUT2D eigenvalue weighted by Gasteiger charge is 2.51. The van der Waals surface area contributed by atoms with Crippen LogP contribution in [0.4, 0.5) is 0 Å². The Balaban J connectivity index is 1.99. The molecule has 0 saturated heterocycles. The van der Waals surface area contributed by atoms with Gasteiger partial charge in [0.15, 0.2) is 0 Å². The molecule has 4 rings (SSSR count). The van der Waals surface area contributed by atoms with Crippen molar-refractivity contribution in [3.05, 3.63) is 30.1 Å². The molecule has 12 heavy (non-hydrogen) atoms. The molecule has 3 aliphatic rings. The second-order valence-corrected chi connectivity index (χ2v) is 4.31. The molecule has 0 radical (unpaired) electrons. The van der Waals surface area contributed by atoms with E-state index in [-0.39, 0.29) is 0 Å². The van der Waals surface area contributed by atoms with E-state index in [0.29, 0.717) is 5.41 Å². The summed E-state index contributed by atoms with van der Waals surface area (Å²) in [6, 6.07) is 6.31.